The predicted molar refractivity (Wildman–Crippen MR) is 140 cm³/mol. The topological polar surface area (TPSA) is 83.1 Å². The lowest BCUT2D eigenvalue weighted by atomic mass is 10.2. The molecule has 8 nitrogen and oxygen atoms in total. The minimum Gasteiger partial charge on any atom is -0.491 e. The molecule has 4 rings (SSSR count). The van der Waals surface area contributed by atoms with Gasteiger partial charge in [-0.3, -0.25) is 4.79 Å². The maximum absolute atomic E-state index is 12.6. The van der Waals surface area contributed by atoms with Gasteiger partial charge in [0.1, 0.15) is 12.4 Å². The summed E-state index contributed by atoms with van der Waals surface area (Å²) in [5.74, 6) is 0.726. The number of carbonyl (C=O) groups is 2. The predicted octanol–water partition coefficient (Wildman–Crippen LogP) is 3.75. The molecular formula is C28H32N4O4. The maximum atomic E-state index is 12.6. The Balaban J connectivity index is 1.13. The lowest BCUT2D eigenvalue weighted by Gasteiger charge is -2.36. The van der Waals surface area contributed by atoms with E-state index < -0.39 is 6.03 Å². The van der Waals surface area contributed by atoms with Gasteiger partial charge in [0.25, 0.3) is 0 Å². The second-order valence-corrected chi connectivity index (χ2v) is 8.43. The van der Waals surface area contributed by atoms with Crippen molar-refractivity contribution in [3.8, 4) is 5.75 Å². The largest absolute Gasteiger partial charge is 0.491 e. The zero-order valence-electron chi connectivity index (χ0n) is 20.3. The first-order chi connectivity index (χ1) is 17.7. The molecule has 1 saturated heterocycles. The first kappa shape index (κ1) is 25.1. The van der Waals surface area contributed by atoms with E-state index in [1.54, 1.807) is 11.0 Å². The van der Waals surface area contributed by atoms with Crippen molar-refractivity contribution in [2.75, 3.05) is 56.2 Å². The number of ether oxygens (including phenoxy) is 2. The zero-order valence-corrected chi connectivity index (χ0v) is 20.3. The monoisotopic (exact) mass is 488 g/mol. The molecule has 0 saturated carbocycles. The minimum atomic E-state index is -0.416. The van der Waals surface area contributed by atoms with E-state index in [4.69, 9.17) is 9.47 Å². The highest BCUT2D eigenvalue weighted by molar-refractivity contribution is 5.92. The second kappa shape index (κ2) is 13.2. The van der Waals surface area contributed by atoms with Crippen LogP contribution < -0.4 is 20.3 Å². The molecule has 2 N–H and O–H groups in total. The molecule has 0 radical (unpaired) electrons. The van der Waals surface area contributed by atoms with Crippen LogP contribution in [0.25, 0.3) is 0 Å². The molecule has 1 heterocycles. The number of nitrogens with one attached hydrogen (secondary N) is 2. The van der Waals surface area contributed by atoms with Gasteiger partial charge in [-0.2, -0.15) is 0 Å². The molecule has 0 atom stereocenters. The van der Waals surface area contributed by atoms with Gasteiger partial charge >= 0.3 is 6.03 Å². The summed E-state index contributed by atoms with van der Waals surface area (Å²) in [6, 6.07) is 26.8. The Morgan fingerprint density at radius 3 is 2.28 bits per heavy atom. The van der Waals surface area contributed by atoms with Crippen LogP contribution in [0.5, 0.6) is 5.75 Å². The van der Waals surface area contributed by atoms with E-state index >= 15 is 0 Å². The molecule has 1 aliphatic rings. The zero-order chi connectivity index (χ0) is 25.0. The minimum absolute atomic E-state index is 0.0403. The molecule has 0 aromatic heterocycles. The van der Waals surface area contributed by atoms with Gasteiger partial charge < -0.3 is 29.9 Å². The normalized spacial score (nSPS) is 13.2. The van der Waals surface area contributed by atoms with Gasteiger partial charge in [0.05, 0.1) is 19.8 Å². The highest BCUT2D eigenvalue weighted by atomic mass is 16.5. The van der Waals surface area contributed by atoms with Gasteiger partial charge in [0.15, 0.2) is 0 Å². The summed E-state index contributed by atoms with van der Waals surface area (Å²) >= 11 is 0. The fourth-order valence-electron chi connectivity index (χ4n) is 3.96. The number of para-hydroxylation sites is 2. The number of hydrogen-bond donors (Lipinski definition) is 2. The molecule has 3 amide bonds. The highest BCUT2D eigenvalue weighted by Crippen LogP contribution is 2.16. The average Bonchev–Trinajstić information content (AvgIpc) is 2.93. The lowest BCUT2D eigenvalue weighted by Crippen LogP contribution is -2.51. The molecule has 36 heavy (non-hydrogen) atoms. The summed E-state index contributed by atoms with van der Waals surface area (Å²) < 4.78 is 11.3. The average molecular weight is 489 g/mol. The molecule has 0 bridgehead atoms. The quantitative estimate of drug-likeness (QED) is 0.425. The number of hydrogen-bond acceptors (Lipinski definition) is 5. The van der Waals surface area contributed by atoms with E-state index in [1.165, 1.54) is 0 Å². The van der Waals surface area contributed by atoms with Gasteiger partial charge in [0.2, 0.25) is 5.91 Å². The van der Waals surface area contributed by atoms with E-state index in [9.17, 15) is 9.59 Å². The first-order valence-corrected chi connectivity index (χ1v) is 12.1. The summed E-state index contributed by atoms with van der Waals surface area (Å²) in [6.07, 6.45) is 0. The standard InChI is InChI=1S/C28H32N4O4/c33-27(32-16-14-31(15-17-32)25-10-3-1-4-11-25)21-29-28(34)30-24-9-7-8-23(20-24)22-35-18-19-36-26-12-5-2-6-13-26/h1-13,20H,14-19,21-22H2,(H2,29,30,34). The third-order valence-electron chi connectivity index (χ3n) is 5.85. The molecule has 3 aromatic rings. The van der Waals surface area contributed by atoms with Crippen molar-refractivity contribution in [2.45, 2.75) is 6.61 Å². The van der Waals surface area contributed by atoms with Crippen LogP contribution >= 0.6 is 0 Å². The maximum Gasteiger partial charge on any atom is 0.319 e. The van der Waals surface area contributed by atoms with E-state index in [0.29, 0.717) is 38.6 Å². The van der Waals surface area contributed by atoms with Crippen molar-refractivity contribution in [2.24, 2.45) is 0 Å². The lowest BCUT2D eigenvalue weighted by molar-refractivity contribution is -0.130. The van der Waals surface area contributed by atoms with E-state index in [-0.39, 0.29) is 12.5 Å². The van der Waals surface area contributed by atoms with Crippen molar-refractivity contribution in [1.82, 2.24) is 10.2 Å². The second-order valence-electron chi connectivity index (χ2n) is 8.43. The molecular weight excluding hydrogens is 456 g/mol. The number of piperazine rings is 1. The Morgan fingerprint density at radius 2 is 1.53 bits per heavy atom. The van der Waals surface area contributed by atoms with Crippen molar-refractivity contribution in [3.05, 3.63) is 90.5 Å². The SMILES string of the molecule is O=C(NCC(=O)N1CCN(c2ccccc2)CC1)Nc1cccc(COCCOc2ccccc2)c1. The summed E-state index contributed by atoms with van der Waals surface area (Å²) in [5, 5.41) is 5.45. The van der Waals surface area contributed by atoms with Crippen LogP contribution in [0.2, 0.25) is 0 Å². The molecule has 3 aromatic carbocycles. The Bertz CT molecular complexity index is 1100. The fourth-order valence-corrected chi connectivity index (χ4v) is 3.96. The first-order valence-electron chi connectivity index (χ1n) is 12.1. The summed E-state index contributed by atoms with van der Waals surface area (Å²) in [4.78, 5) is 28.9. The third-order valence-corrected chi connectivity index (χ3v) is 5.85. The number of rotatable bonds is 10. The van der Waals surface area contributed by atoms with Crippen LogP contribution in [0.1, 0.15) is 5.56 Å². The van der Waals surface area contributed by atoms with Gasteiger partial charge in [0, 0.05) is 37.6 Å². The third kappa shape index (κ3) is 7.74. The van der Waals surface area contributed by atoms with Crippen molar-refractivity contribution in [3.63, 3.8) is 0 Å². The molecule has 1 fully saturated rings. The molecule has 0 spiro atoms. The smallest absolute Gasteiger partial charge is 0.319 e. The van der Waals surface area contributed by atoms with Crippen LogP contribution in [0.4, 0.5) is 16.2 Å². The summed E-state index contributed by atoms with van der Waals surface area (Å²) in [6.45, 7) is 4.09. The number of carbonyl (C=O) groups excluding carboxylic acids is 2. The van der Waals surface area contributed by atoms with Crippen LogP contribution in [-0.4, -0.2) is 62.8 Å². The number of anilines is 2. The van der Waals surface area contributed by atoms with E-state index in [0.717, 1.165) is 30.1 Å². The summed E-state index contributed by atoms with van der Waals surface area (Å²) in [7, 11) is 0. The van der Waals surface area contributed by atoms with Crippen LogP contribution in [0.3, 0.4) is 0 Å². The number of benzene rings is 3. The van der Waals surface area contributed by atoms with Crippen molar-refractivity contribution >= 4 is 23.3 Å². The van der Waals surface area contributed by atoms with Crippen molar-refractivity contribution in [1.29, 1.82) is 0 Å². The molecule has 0 unspecified atom stereocenters. The Labute approximate surface area is 211 Å². The molecule has 8 heteroatoms. The Kier molecular flexibility index (Phi) is 9.16. The number of urea groups is 1. The van der Waals surface area contributed by atoms with Crippen LogP contribution in [-0.2, 0) is 16.1 Å². The Morgan fingerprint density at radius 1 is 0.806 bits per heavy atom. The molecule has 1 aliphatic heterocycles. The number of amides is 3. The van der Waals surface area contributed by atoms with E-state index in [1.807, 2.05) is 66.7 Å². The van der Waals surface area contributed by atoms with Crippen LogP contribution in [0, 0.1) is 0 Å². The van der Waals surface area contributed by atoms with Crippen molar-refractivity contribution < 1.29 is 19.1 Å². The van der Waals surface area contributed by atoms with Gasteiger partial charge in [-0.15, -0.1) is 0 Å². The van der Waals surface area contributed by atoms with Crippen LogP contribution in [0.15, 0.2) is 84.9 Å². The summed E-state index contributed by atoms with van der Waals surface area (Å²) in [5.41, 5.74) is 2.73. The number of nitrogens with zero attached hydrogens (tertiary/aromatic N) is 2. The Hall–Kier alpha value is -4.04. The molecule has 0 aliphatic carbocycles. The van der Waals surface area contributed by atoms with Gasteiger partial charge in [-0.1, -0.05) is 48.5 Å². The van der Waals surface area contributed by atoms with Gasteiger partial charge in [-0.25, -0.2) is 4.79 Å². The fraction of sp³-hybridized carbons (Fsp3) is 0.286. The highest BCUT2D eigenvalue weighted by Gasteiger charge is 2.21. The van der Waals surface area contributed by atoms with E-state index in [2.05, 4.69) is 27.7 Å². The van der Waals surface area contributed by atoms with Gasteiger partial charge in [-0.05, 0) is 42.0 Å². The molecule has 188 valence electrons.